The second-order valence-corrected chi connectivity index (χ2v) is 21.6. The van der Waals surface area contributed by atoms with Crippen molar-refractivity contribution in [2.45, 2.75) is 27.4 Å². The van der Waals surface area contributed by atoms with Gasteiger partial charge in [-0.15, -0.1) is 20.5 Å². The van der Waals surface area contributed by atoms with Crippen molar-refractivity contribution < 1.29 is 47.7 Å². The lowest BCUT2D eigenvalue weighted by Gasteiger charge is -2.16. The van der Waals surface area contributed by atoms with Crippen LogP contribution in [0.1, 0.15) is 16.7 Å². The number of benzene rings is 6. The lowest BCUT2D eigenvalue weighted by molar-refractivity contribution is 0.481. The van der Waals surface area contributed by atoms with Crippen LogP contribution in [0, 0.1) is 23.0 Å². The van der Waals surface area contributed by atoms with Gasteiger partial charge in [-0.2, -0.15) is 30.5 Å². The monoisotopic (exact) mass is 1020 g/mol. The van der Waals surface area contributed by atoms with E-state index in [1.807, 2.05) is 36.4 Å². The van der Waals surface area contributed by atoms with Crippen LogP contribution >= 0.6 is 11.3 Å². The van der Waals surface area contributed by atoms with E-state index in [9.17, 15) is 52.9 Å². The van der Waals surface area contributed by atoms with Crippen molar-refractivity contribution in [3.05, 3.63) is 138 Å². The summed E-state index contributed by atoms with van der Waals surface area (Å²) in [5, 5.41) is 36.3. The normalized spacial score (nSPS) is 13.2. The first-order chi connectivity index (χ1) is 32.5. The van der Waals surface area contributed by atoms with Gasteiger partial charge in [0.15, 0.2) is 26.6 Å². The van der Waals surface area contributed by atoms with Gasteiger partial charge in [-0.1, -0.05) is 59.9 Å². The first kappa shape index (κ1) is 48.0. The number of hydrogen-bond acceptors (Lipinski definition) is 18. The number of nitrogens with zero attached hydrogens (tertiary/aromatic N) is 7. The predicted molar refractivity (Wildman–Crippen MR) is 257 cm³/mol. The highest BCUT2D eigenvalue weighted by molar-refractivity contribution is 7.86. The van der Waals surface area contributed by atoms with Crippen molar-refractivity contribution in [1.29, 1.82) is 10.0 Å². The minimum absolute atomic E-state index is 0.00972. The van der Waals surface area contributed by atoms with Crippen LogP contribution in [0.5, 0.6) is 0 Å². The molecule has 1 atom stereocenters. The van der Waals surface area contributed by atoms with Gasteiger partial charge in [-0.05, 0) is 101 Å². The smallest absolute Gasteiger partial charge is 0.295 e. The Morgan fingerprint density at radius 1 is 0.652 bits per heavy atom. The molecule has 69 heavy (non-hydrogen) atoms. The van der Waals surface area contributed by atoms with Crippen molar-refractivity contribution in [1.82, 2.24) is 9.97 Å². The van der Waals surface area contributed by atoms with E-state index in [1.54, 1.807) is 13.0 Å². The number of fused-ring (bicyclic) bond motifs is 2. The first-order valence-electron chi connectivity index (χ1n) is 19.5. The molecule has 0 aliphatic rings. The van der Waals surface area contributed by atoms with Crippen molar-refractivity contribution in [3.8, 4) is 17.3 Å². The Balaban J connectivity index is 1.23. The molecular weight excluding hydrogens is 993 g/mol. The highest BCUT2D eigenvalue weighted by atomic mass is 32.2. The molecule has 0 radical (unpaired) electrons. The fourth-order valence-corrected chi connectivity index (χ4v) is 9.95. The molecule has 0 fully saturated rings. The third kappa shape index (κ3) is 11.1. The molecule has 0 bridgehead atoms. The van der Waals surface area contributed by atoms with E-state index >= 15 is 0 Å². The maximum absolute atomic E-state index is 12.6. The molecule has 350 valence electrons. The largest absolute Gasteiger partial charge is 0.339 e. The van der Waals surface area contributed by atoms with Crippen molar-refractivity contribution in [2.24, 2.45) is 20.5 Å². The van der Waals surface area contributed by atoms with Gasteiger partial charge in [-0.3, -0.25) is 13.7 Å². The second-order valence-electron chi connectivity index (χ2n) is 14.9. The van der Waals surface area contributed by atoms with E-state index in [1.165, 1.54) is 48.5 Å². The van der Waals surface area contributed by atoms with Crippen LogP contribution in [0.2, 0.25) is 0 Å². The van der Waals surface area contributed by atoms with Crippen molar-refractivity contribution in [3.63, 3.8) is 0 Å². The maximum atomic E-state index is 12.6. The molecule has 0 amide bonds. The van der Waals surface area contributed by atoms with E-state index in [0.29, 0.717) is 5.56 Å². The van der Waals surface area contributed by atoms with Crippen LogP contribution < -0.4 is 10.6 Å². The Labute approximate surface area is 397 Å². The summed E-state index contributed by atoms with van der Waals surface area (Å²) in [6.07, 6.45) is 0. The van der Waals surface area contributed by atoms with Crippen LogP contribution in [0.15, 0.2) is 156 Å². The first-order valence-corrected chi connectivity index (χ1v) is 26.3. The Morgan fingerprint density at radius 2 is 1.26 bits per heavy atom. The molecule has 21 nitrogen and oxygen atoms in total. The molecule has 0 saturated carbocycles. The van der Waals surface area contributed by atoms with Crippen molar-refractivity contribution >= 4 is 118 Å². The Kier molecular flexibility index (Phi) is 12.9. The quantitative estimate of drug-likeness (QED) is 0.0393. The average Bonchev–Trinajstić information content (AvgIpc) is 3.69. The number of thiazole rings is 1. The van der Waals surface area contributed by atoms with Gasteiger partial charge in [0.2, 0.25) is 5.13 Å². The minimum atomic E-state index is -4.88. The van der Waals surface area contributed by atoms with Gasteiger partial charge in [0.05, 0.1) is 26.8 Å². The number of hydrogen-bond donors (Lipinski definition) is 7. The number of nitrogens with one attached hydrogen (secondary N) is 3. The van der Waals surface area contributed by atoms with E-state index in [4.69, 9.17) is 9.76 Å². The molecule has 8 rings (SSSR count). The maximum Gasteiger partial charge on any atom is 0.295 e. The predicted octanol–water partition coefficient (Wildman–Crippen LogP) is 10.8. The zero-order valence-electron chi connectivity index (χ0n) is 35.1. The lowest BCUT2D eigenvalue weighted by Crippen LogP contribution is -2.05. The fourth-order valence-electron chi connectivity index (χ4n) is 6.90. The molecule has 6 aromatic carbocycles. The number of rotatable bonds is 14. The van der Waals surface area contributed by atoms with Crippen LogP contribution in [0.3, 0.4) is 0 Å². The summed E-state index contributed by atoms with van der Waals surface area (Å²) in [6.45, 7) is 1.56. The van der Waals surface area contributed by atoms with Crippen molar-refractivity contribution in [2.75, 3.05) is 10.6 Å². The number of azo groups is 2. The molecule has 2 aromatic heterocycles. The van der Waals surface area contributed by atoms with E-state index in [-0.39, 0.29) is 87.5 Å². The number of aromatic nitrogens is 2. The summed E-state index contributed by atoms with van der Waals surface area (Å²) in [4.78, 5) is 8.00. The minimum Gasteiger partial charge on any atom is -0.339 e. The number of pyridine rings is 1. The zero-order chi connectivity index (χ0) is 49.5. The van der Waals surface area contributed by atoms with Gasteiger partial charge in [0.25, 0.3) is 30.4 Å². The summed E-state index contributed by atoms with van der Waals surface area (Å²) in [7, 11) is -17.9. The topological polar surface area (TPSA) is 347 Å². The second kappa shape index (κ2) is 18.6. The van der Waals surface area contributed by atoms with Crippen LogP contribution in [-0.2, 0) is 46.1 Å². The van der Waals surface area contributed by atoms with Crippen LogP contribution in [0.25, 0.3) is 32.8 Å². The van der Waals surface area contributed by atoms with Gasteiger partial charge in [0, 0.05) is 27.9 Å². The van der Waals surface area contributed by atoms with E-state index in [0.717, 1.165) is 52.4 Å². The number of nitriles is 1. The summed E-state index contributed by atoms with van der Waals surface area (Å²) in [5.41, 5.74) is 1.83. The fraction of sp³-hybridized carbons (Fsp3) is 0.0465. The molecule has 0 aliphatic heterocycles. The number of anilines is 4. The highest BCUT2D eigenvalue weighted by Crippen LogP contribution is 2.44. The third-order valence-electron chi connectivity index (χ3n) is 10.1. The molecular formula is C43H32N10O11S5. The molecule has 0 spiro atoms. The van der Waals surface area contributed by atoms with Crippen LogP contribution in [-0.4, -0.2) is 57.6 Å². The van der Waals surface area contributed by atoms with Crippen LogP contribution in [0.4, 0.5) is 44.5 Å². The molecule has 8 aromatic rings. The Morgan fingerprint density at radius 3 is 1.86 bits per heavy atom. The molecule has 2 heterocycles. The molecule has 1 unspecified atom stereocenters. The summed E-state index contributed by atoms with van der Waals surface area (Å²) < 4.78 is 130. The molecule has 7 N–H and O–H groups in total. The average molecular weight is 1030 g/mol. The standard InChI is InChI=1S/C43H32N10O11S5/c1-24-36(22-44)40(46-30-10-14-33(15-11-30)67(56,57)58)49-41(47-31-12-16-34(17-13-31)68(59,60)61)38(24)51-53-43-48-39(29-9-8-26-4-2-3-5-27(26)19-29)42(65-43)52-50-32-20-28-7-6-25(23-66(45,54)55)18-35(28)37(21-32)69(62,63)64/h2-21H,23H2,1H3,(H2,45,54,55)(H2,46,47,49)(H,56,57,58)(H,59,60,61)(H,62,63,64). The molecule has 0 aliphatic carbocycles. The summed E-state index contributed by atoms with van der Waals surface area (Å²) in [6, 6.07) is 31.8. The lowest BCUT2D eigenvalue weighted by atomic mass is 10.1. The van der Waals surface area contributed by atoms with Gasteiger partial charge in [-0.25, -0.2) is 19.0 Å². The summed E-state index contributed by atoms with van der Waals surface area (Å²) in [5.74, 6) is -0.614. The summed E-state index contributed by atoms with van der Waals surface area (Å²) >= 11 is 0.928. The third-order valence-corrected chi connectivity index (χ3v) is 14.3. The van der Waals surface area contributed by atoms with E-state index in [2.05, 4.69) is 42.1 Å². The Hall–Kier alpha value is -7.45. The highest BCUT2D eigenvalue weighted by Gasteiger charge is 2.22. The van der Waals surface area contributed by atoms with Gasteiger partial charge in [0.1, 0.15) is 22.3 Å². The zero-order valence-corrected chi connectivity index (χ0v) is 39.2. The SMILES string of the molecule is Cc1c(C#N)c(Nc2ccc(S(=O)(=O)O)cc2)nc(Nc2ccc(S(=O)(=O)O)cc2)c1N=Nc1nc(-c2ccc3ccccc3c2)c(N=Nc2cc(S(=O)(=O)O)c3cc(CS(=N)(=O)O)ccc3c2)s1. The molecule has 0 saturated heterocycles. The van der Waals surface area contributed by atoms with Gasteiger partial charge < -0.3 is 15.2 Å². The Bertz CT molecular complexity index is 3960. The van der Waals surface area contributed by atoms with E-state index < -0.39 is 51.0 Å². The van der Waals surface area contributed by atoms with Gasteiger partial charge >= 0.3 is 0 Å². The molecule has 26 heteroatoms.